The third-order valence-corrected chi connectivity index (χ3v) is 5.02. The summed E-state index contributed by atoms with van der Waals surface area (Å²) in [5.41, 5.74) is 0.881. The van der Waals surface area contributed by atoms with Gasteiger partial charge in [-0.1, -0.05) is 28.9 Å². The van der Waals surface area contributed by atoms with Crippen LogP contribution < -0.4 is 9.46 Å². The molecule has 0 radical (unpaired) electrons. The molecule has 0 spiro atoms. The number of aryl methyl sites for hydroxylation is 2. The fraction of sp³-hybridized carbons (Fsp3) is 0.308. The van der Waals surface area contributed by atoms with Crippen LogP contribution >= 0.6 is 11.6 Å². The van der Waals surface area contributed by atoms with E-state index in [9.17, 15) is 8.42 Å². The van der Waals surface area contributed by atoms with E-state index in [1.807, 2.05) is 6.07 Å². The van der Waals surface area contributed by atoms with E-state index in [0.717, 1.165) is 18.4 Å². The Kier molecular flexibility index (Phi) is 3.54. The highest BCUT2D eigenvalue weighted by Gasteiger charge is 2.26. The zero-order valence-corrected chi connectivity index (χ0v) is 12.8. The highest BCUT2D eigenvalue weighted by Crippen LogP contribution is 2.34. The summed E-state index contributed by atoms with van der Waals surface area (Å²) in [7, 11) is -3.85. The Morgan fingerprint density at radius 2 is 2.19 bits per heavy atom. The van der Waals surface area contributed by atoms with E-state index in [-0.39, 0.29) is 15.7 Å². The van der Waals surface area contributed by atoms with Gasteiger partial charge in [0.25, 0.3) is 10.0 Å². The van der Waals surface area contributed by atoms with Crippen LogP contribution in [-0.4, -0.2) is 20.2 Å². The van der Waals surface area contributed by atoms with Crippen molar-refractivity contribution in [3.63, 3.8) is 0 Å². The minimum absolute atomic E-state index is 0.0254. The molecule has 1 N–H and O–H groups in total. The zero-order valence-electron chi connectivity index (χ0n) is 11.2. The van der Waals surface area contributed by atoms with Gasteiger partial charge in [0, 0.05) is 0 Å². The van der Waals surface area contributed by atoms with Crippen molar-refractivity contribution in [3.8, 4) is 5.75 Å². The molecular weight excluding hydrogens is 316 g/mol. The summed E-state index contributed by atoms with van der Waals surface area (Å²) in [6, 6.07) is 5.05. The van der Waals surface area contributed by atoms with Gasteiger partial charge in [-0.25, -0.2) is 8.42 Å². The van der Waals surface area contributed by atoms with Crippen LogP contribution in [0.15, 0.2) is 27.6 Å². The maximum Gasteiger partial charge on any atom is 0.266 e. The molecule has 1 aliphatic heterocycles. The predicted octanol–water partition coefficient (Wildman–Crippen LogP) is 2.76. The first-order valence-corrected chi connectivity index (χ1v) is 8.24. The lowest BCUT2D eigenvalue weighted by atomic mass is 10.1. The maximum atomic E-state index is 12.5. The molecule has 0 bridgehead atoms. The molecule has 8 heteroatoms. The number of nitrogens with zero attached hydrogens (tertiary/aromatic N) is 1. The van der Waals surface area contributed by atoms with Gasteiger partial charge in [0.2, 0.25) is 5.82 Å². The molecule has 1 aromatic carbocycles. The summed E-state index contributed by atoms with van der Waals surface area (Å²) in [4.78, 5) is 0.0800. The Hall–Kier alpha value is -1.73. The number of ether oxygens (including phenoxy) is 1. The van der Waals surface area contributed by atoms with Gasteiger partial charge in [-0.3, -0.25) is 4.72 Å². The molecule has 2 aromatic rings. The Morgan fingerprint density at radius 1 is 1.38 bits per heavy atom. The first-order valence-electron chi connectivity index (χ1n) is 6.38. The van der Waals surface area contributed by atoms with Gasteiger partial charge >= 0.3 is 0 Å². The number of para-hydroxylation sites is 1. The summed E-state index contributed by atoms with van der Waals surface area (Å²) >= 11 is 5.93. The largest absolute Gasteiger partial charge is 0.492 e. The quantitative estimate of drug-likeness (QED) is 0.936. The molecule has 1 aliphatic rings. The normalized spacial score (nSPS) is 14.4. The number of hydrogen-bond acceptors (Lipinski definition) is 5. The van der Waals surface area contributed by atoms with Crippen molar-refractivity contribution in [2.75, 3.05) is 11.3 Å². The Bertz CT molecular complexity index is 785. The molecule has 0 saturated heterocycles. The van der Waals surface area contributed by atoms with Crippen molar-refractivity contribution < 1.29 is 17.7 Å². The number of anilines is 1. The average molecular weight is 329 g/mol. The van der Waals surface area contributed by atoms with Crippen LogP contribution in [0.25, 0.3) is 0 Å². The monoisotopic (exact) mass is 328 g/mol. The lowest BCUT2D eigenvalue weighted by Crippen LogP contribution is -2.18. The molecule has 0 saturated carbocycles. The van der Waals surface area contributed by atoms with Crippen LogP contribution in [0, 0.1) is 6.92 Å². The third kappa shape index (κ3) is 2.58. The van der Waals surface area contributed by atoms with Crippen LogP contribution in [0.1, 0.15) is 17.7 Å². The Balaban J connectivity index is 2.01. The van der Waals surface area contributed by atoms with E-state index in [1.165, 1.54) is 6.07 Å². The molecule has 6 nitrogen and oxygen atoms in total. The number of hydrogen-bond donors (Lipinski definition) is 1. The number of rotatable bonds is 3. The number of fused-ring (bicyclic) bond motifs is 1. The molecule has 1 aromatic heterocycles. The van der Waals surface area contributed by atoms with Gasteiger partial charge in [0.1, 0.15) is 15.7 Å². The van der Waals surface area contributed by atoms with Gasteiger partial charge in [-0.2, -0.15) is 0 Å². The van der Waals surface area contributed by atoms with Gasteiger partial charge in [0.05, 0.1) is 6.61 Å². The van der Waals surface area contributed by atoms with E-state index in [0.29, 0.717) is 18.1 Å². The highest BCUT2D eigenvalue weighted by molar-refractivity contribution is 7.92. The summed E-state index contributed by atoms with van der Waals surface area (Å²) in [5.74, 6) is 0.718. The second-order valence-corrected chi connectivity index (χ2v) is 6.73. The van der Waals surface area contributed by atoms with Crippen LogP contribution in [0.5, 0.6) is 5.75 Å². The van der Waals surface area contributed by atoms with E-state index < -0.39 is 10.0 Å². The van der Waals surface area contributed by atoms with Crippen molar-refractivity contribution in [1.82, 2.24) is 5.16 Å². The number of sulfonamides is 1. The number of benzene rings is 1. The molecule has 0 aliphatic carbocycles. The smallest absolute Gasteiger partial charge is 0.266 e. The fourth-order valence-corrected chi connectivity index (χ4v) is 3.55. The molecule has 0 unspecified atom stereocenters. The Labute approximate surface area is 127 Å². The maximum absolute atomic E-state index is 12.5. The van der Waals surface area contributed by atoms with Crippen LogP contribution in [0.2, 0.25) is 5.02 Å². The molecular formula is C13H13ClN2O4S. The number of halogens is 1. The molecule has 0 amide bonds. The second-order valence-electron chi connectivity index (χ2n) is 4.70. The van der Waals surface area contributed by atoms with Crippen molar-refractivity contribution in [2.45, 2.75) is 24.7 Å². The fourth-order valence-electron chi connectivity index (χ4n) is 2.18. The average Bonchev–Trinajstić information content (AvgIpc) is 2.78. The van der Waals surface area contributed by atoms with E-state index >= 15 is 0 Å². The van der Waals surface area contributed by atoms with Crippen LogP contribution in [0.3, 0.4) is 0 Å². The lowest BCUT2D eigenvalue weighted by molar-refractivity contribution is 0.280. The van der Waals surface area contributed by atoms with Gasteiger partial charge < -0.3 is 9.26 Å². The molecule has 2 heterocycles. The number of nitrogens with one attached hydrogen (secondary N) is 1. The van der Waals surface area contributed by atoms with Crippen LogP contribution in [0.4, 0.5) is 5.82 Å². The molecule has 0 fully saturated rings. The number of aromatic nitrogens is 1. The summed E-state index contributed by atoms with van der Waals surface area (Å²) in [6.07, 6.45) is 1.67. The lowest BCUT2D eigenvalue weighted by Gasteiger charge is -2.20. The predicted molar refractivity (Wildman–Crippen MR) is 77.3 cm³/mol. The minimum Gasteiger partial charge on any atom is -0.492 e. The van der Waals surface area contributed by atoms with Gasteiger partial charge in [0.15, 0.2) is 5.76 Å². The first-order chi connectivity index (χ1) is 9.99. The van der Waals surface area contributed by atoms with E-state index in [2.05, 4.69) is 9.88 Å². The van der Waals surface area contributed by atoms with Crippen molar-refractivity contribution in [1.29, 1.82) is 0 Å². The van der Waals surface area contributed by atoms with Crippen molar-refractivity contribution >= 4 is 27.4 Å². The standard InChI is InChI=1S/C13H13ClN2O4S/c1-8-11(14)13(15-20-8)16-21(17,18)10-6-2-4-9-5-3-7-19-12(9)10/h2,4,6H,3,5,7H2,1H3,(H,15,16). The zero-order chi connectivity index (χ0) is 15.0. The highest BCUT2D eigenvalue weighted by atomic mass is 35.5. The molecule has 3 rings (SSSR count). The molecule has 112 valence electrons. The summed E-state index contributed by atoms with van der Waals surface area (Å²) < 4.78 is 37.7. The second kappa shape index (κ2) is 5.23. The third-order valence-electron chi connectivity index (χ3n) is 3.21. The SMILES string of the molecule is Cc1onc(NS(=O)(=O)c2cccc3c2OCCC3)c1Cl. The van der Waals surface area contributed by atoms with Crippen molar-refractivity contribution in [3.05, 3.63) is 34.5 Å². The molecule has 21 heavy (non-hydrogen) atoms. The van der Waals surface area contributed by atoms with Crippen molar-refractivity contribution in [2.24, 2.45) is 0 Å². The van der Waals surface area contributed by atoms with Gasteiger partial charge in [-0.15, -0.1) is 0 Å². The van der Waals surface area contributed by atoms with Crippen LogP contribution in [-0.2, 0) is 16.4 Å². The minimum atomic E-state index is -3.85. The van der Waals surface area contributed by atoms with Gasteiger partial charge in [-0.05, 0) is 31.4 Å². The summed E-state index contributed by atoms with van der Waals surface area (Å²) in [5, 5.41) is 3.74. The Morgan fingerprint density at radius 3 is 2.90 bits per heavy atom. The van der Waals surface area contributed by atoms with E-state index in [4.69, 9.17) is 20.9 Å². The summed E-state index contributed by atoms with van der Waals surface area (Å²) in [6.45, 7) is 2.10. The topological polar surface area (TPSA) is 81.4 Å². The first kappa shape index (κ1) is 14.2. The molecule has 0 atom stereocenters. The van der Waals surface area contributed by atoms with E-state index in [1.54, 1.807) is 13.0 Å².